The minimum absolute atomic E-state index is 0.314. The lowest BCUT2D eigenvalue weighted by Gasteiger charge is -2.13. The Labute approximate surface area is 88.0 Å². The fourth-order valence-electron chi connectivity index (χ4n) is 1.46. The summed E-state index contributed by atoms with van der Waals surface area (Å²) >= 11 is 0. The first-order valence-electron chi connectivity index (χ1n) is 4.73. The predicted octanol–water partition coefficient (Wildman–Crippen LogP) is 2.66. The molecule has 2 N–H and O–H groups in total. The van der Waals surface area contributed by atoms with Gasteiger partial charge >= 0.3 is 0 Å². The first kappa shape index (κ1) is 11.9. The molecule has 0 amide bonds. The van der Waals surface area contributed by atoms with Crippen LogP contribution in [0.5, 0.6) is 5.75 Å². The molecule has 0 aromatic heterocycles. The summed E-state index contributed by atoms with van der Waals surface area (Å²) in [5.41, 5.74) is 7.25. The molecule has 0 aliphatic rings. The lowest BCUT2D eigenvalue weighted by molar-refractivity contribution is 0.128. The van der Waals surface area contributed by atoms with Gasteiger partial charge in [0.25, 0.3) is 0 Å². The van der Waals surface area contributed by atoms with E-state index >= 15 is 0 Å². The van der Waals surface area contributed by atoms with Crippen LogP contribution in [-0.2, 0) is 0 Å². The van der Waals surface area contributed by atoms with Gasteiger partial charge in [-0.2, -0.15) is 0 Å². The van der Waals surface area contributed by atoms with Crippen molar-refractivity contribution in [2.75, 3.05) is 7.11 Å². The number of methoxy groups -OCH3 is 1. The summed E-state index contributed by atoms with van der Waals surface area (Å²) < 4.78 is 29.3. The highest BCUT2D eigenvalue weighted by Gasteiger charge is 2.13. The Kier molecular flexibility index (Phi) is 4.03. The second-order valence-electron chi connectivity index (χ2n) is 3.46. The van der Waals surface area contributed by atoms with Gasteiger partial charge in [-0.3, -0.25) is 0 Å². The molecule has 1 aromatic rings. The quantitative estimate of drug-likeness (QED) is 0.838. The summed E-state index contributed by atoms with van der Waals surface area (Å²) in [7, 11) is 1.57. The molecule has 1 rings (SSSR count). The van der Waals surface area contributed by atoms with Crippen LogP contribution < -0.4 is 10.5 Å². The van der Waals surface area contributed by atoms with Crippen molar-refractivity contribution in [3.63, 3.8) is 0 Å². The van der Waals surface area contributed by atoms with Gasteiger partial charge in [0.15, 0.2) is 0 Å². The fraction of sp³-hybridized carbons (Fsp3) is 0.455. The normalized spacial score (nSPS) is 12.9. The number of alkyl halides is 2. The van der Waals surface area contributed by atoms with Gasteiger partial charge in [0.2, 0.25) is 6.43 Å². The summed E-state index contributed by atoms with van der Waals surface area (Å²) in [6, 6.07) is 4.63. The zero-order valence-electron chi connectivity index (χ0n) is 8.84. The number of benzene rings is 1. The molecule has 0 aliphatic carbocycles. The minimum Gasteiger partial charge on any atom is -0.496 e. The van der Waals surface area contributed by atoms with Crippen molar-refractivity contribution in [1.82, 2.24) is 0 Å². The lowest BCUT2D eigenvalue weighted by atomic mass is 10.0. The van der Waals surface area contributed by atoms with E-state index in [1.807, 2.05) is 6.92 Å². The van der Waals surface area contributed by atoms with Gasteiger partial charge in [0.1, 0.15) is 5.75 Å². The number of aryl methyl sites for hydroxylation is 1. The largest absolute Gasteiger partial charge is 0.496 e. The van der Waals surface area contributed by atoms with Crippen molar-refractivity contribution in [2.24, 2.45) is 5.73 Å². The molecule has 0 aliphatic heterocycles. The number of halogens is 2. The van der Waals surface area contributed by atoms with Gasteiger partial charge < -0.3 is 10.5 Å². The van der Waals surface area contributed by atoms with Gasteiger partial charge in [-0.05, 0) is 24.1 Å². The van der Waals surface area contributed by atoms with Crippen molar-refractivity contribution < 1.29 is 13.5 Å². The minimum atomic E-state index is -2.37. The molecule has 1 aromatic carbocycles. The van der Waals surface area contributed by atoms with Crippen molar-refractivity contribution in [3.8, 4) is 5.75 Å². The smallest absolute Gasteiger partial charge is 0.240 e. The van der Waals surface area contributed by atoms with Crippen LogP contribution in [0.4, 0.5) is 8.78 Å². The van der Waals surface area contributed by atoms with E-state index in [2.05, 4.69) is 0 Å². The molecule has 84 valence electrons. The number of nitrogens with two attached hydrogens (primary N) is 1. The average Bonchev–Trinajstić information content (AvgIpc) is 2.16. The monoisotopic (exact) mass is 215 g/mol. The molecule has 2 nitrogen and oxygen atoms in total. The first-order valence-corrected chi connectivity index (χ1v) is 4.73. The molecule has 0 fully saturated rings. The van der Waals surface area contributed by atoms with E-state index in [0.29, 0.717) is 5.56 Å². The second kappa shape index (κ2) is 5.07. The summed E-state index contributed by atoms with van der Waals surface area (Å²) in [6.07, 6.45) is -2.69. The highest BCUT2D eigenvalue weighted by Crippen LogP contribution is 2.24. The van der Waals surface area contributed by atoms with Crippen LogP contribution >= 0.6 is 0 Å². The molecule has 0 bridgehead atoms. The molecule has 0 heterocycles. The Morgan fingerprint density at radius 1 is 1.40 bits per heavy atom. The maximum absolute atomic E-state index is 12.1. The number of hydrogen-bond donors (Lipinski definition) is 1. The Bertz CT molecular complexity index is 328. The van der Waals surface area contributed by atoms with Gasteiger partial charge in [0.05, 0.1) is 7.11 Å². The standard InChI is InChI=1S/C11H15F2NO/c1-7-5-8(3-4-10(7)15-2)9(14)6-11(12)13/h3-5,9,11H,6,14H2,1-2H3/t9-/m1/s1. The molecule has 1 atom stereocenters. The zero-order valence-corrected chi connectivity index (χ0v) is 8.84. The van der Waals surface area contributed by atoms with Crippen LogP contribution in [0.3, 0.4) is 0 Å². The van der Waals surface area contributed by atoms with Gasteiger partial charge in [0, 0.05) is 12.5 Å². The van der Waals surface area contributed by atoms with Gasteiger partial charge in [-0.1, -0.05) is 12.1 Å². The molecule has 15 heavy (non-hydrogen) atoms. The van der Waals surface area contributed by atoms with Crippen LogP contribution in [0.25, 0.3) is 0 Å². The average molecular weight is 215 g/mol. The van der Waals surface area contributed by atoms with Crippen molar-refractivity contribution in [1.29, 1.82) is 0 Å². The zero-order chi connectivity index (χ0) is 11.4. The Morgan fingerprint density at radius 2 is 2.07 bits per heavy atom. The molecular weight excluding hydrogens is 200 g/mol. The van der Waals surface area contributed by atoms with E-state index in [1.54, 1.807) is 25.3 Å². The third-order valence-corrected chi connectivity index (χ3v) is 2.28. The van der Waals surface area contributed by atoms with Crippen LogP contribution in [0.15, 0.2) is 18.2 Å². The van der Waals surface area contributed by atoms with Crippen LogP contribution in [0, 0.1) is 6.92 Å². The topological polar surface area (TPSA) is 35.2 Å². The number of rotatable bonds is 4. The molecule has 0 saturated carbocycles. The highest BCUT2D eigenvalue weighted by molar-refractivity contribution is 5.37. The summed E-state index contributed by atoms with van der Waals surface area (Å²) in [5, 5.41) is 0. The summed E-state index contributed by atoms with van der Waals surface area (Å²) in [4.78, 5) is 0. The van der Waals surface area contributed by atoms with Gasteiger partial charge in [-0.15, -0.1) is 0 Å². The van der Waals surface area contributed by atoms with Crippen LogP contribution in [-0.4, -0.2) is 13.5 Å². The summed E-state index contributed by atoms with van der Waals surface area (Å²) in [5.74, 6) is 0.739. The third-order valence-electron chi connectivity index (χ3n) is 2.28. The number of hydrogen-bond acceptors (Lipinski definition) is 2. The second-order valence-corrected chi connectivity index (χ2v) is 3.46. The predicted molar refractivity (Wildman–Crippen MR) is 55.3 cm³/mol. The molecular formula is C11H15F2NO. The van der Waals surface area contributed by atoms with Crippen LogP contribution in [0.2, 0.25) is 0 Å². The molecule has 4 heteroatoms. The first-order chi connectivity index (χ1) is 7.04. The van der Waals surface area contributed by atoms with E-state index in [1.165, 1.54) is 0 Å². The van der Waals surface area contributed by atoms with Crippen molar-refractivity contribution >= 4 is 0 Å². The molecule has 0 saturated heterocycles. The molecule has 0 spiro atoms. The molecule has 0 unspecified atom stereocenters. The van der Waals surface area contributed by atoms with E-state index in [0.717, 1.165) is 11.3 Å². The van der Waals surface area contributed by atoms with E-state index in [-0.39, 0.29) is 6.42 Å². The third kappa shape index (κ3) is 3.16. The van der Waals surface area contributed by atoms with E-state index < -0.39 is 12.5 Å². The van der Waals surface area contributed by atoms with Crippen molar-refractivity contribution in [3.05, 3.63) is 29.3 Å². The van der Waals surface area contributed by atoms with E-state index in [4.69, 9.17) is 10.5 Å². The maximum atomic E-state index is 12.1. The van der Waals surface area contributed by atoms with E-state index in [9.17, 15) is 8.78 Å². The van der Waals surface area contributed by atoms with Crippen molar-refractivity contribution in [2.45, 2.75) is 25.8 Å². The Balaban J connectivity index is 2.82. The fourth-order valence-corrected chi connectivity index (χ4v) is 1.46. The molecule has 0 radical (unpaired) electrons. The Morgan fingerprint density at radius 3 is 2.53 bits per heavy atom. The van der Waals surface area contributed by atoms with Crippen LogP contribution in [0.1, 0.15) is 23.6 Å². The lowest BCUT2D eigenvalue weighted by Crippen LogP contribution is -2.14. The highest BCUT2D eigenvalue weighted by atomic mass is 19.3. The Hall–Kier alpha value is -1.16. The number of ether oxygens (including phenoxy) is 1. The summed E-state index contributed by atoms with van der Waals surface area (Å²) in [6.45, 7) is 1.86. The SMILES string of the molecule is COc1ccc([C@H](N)CC(F)F)cc1C. The van der Waals surface area contributed by atoms with Gasteiger partial charge in [-0.25, -0.2) is 8.78 Å². The maximum Gasteiger partial charge on any atom is 0.240 e.